The lowest BCUT2D eigenvalue weighted by atomic mass is 9.98. The lowest BCUT2D eigenvalue weighted by Crippen LogP contribution is -2.51. The summed E-state index contributed by atoms with van der Waals surface area (Å²) < 4.78 is 83.9. The molecule has 0 bridgehead atoms. The number of alkyl halides is 5. The zero-order chi connectivity index (χ0) is 24.3. The van der Waals surface area contributed by atoms with Crippen molar-refractivity contribution in [2.24, 2.45) is 0 Å². The Morgan fingerprint density at radius 2 is 1.64 bits per heavy atom. The molecule has 176 valence electrons. The minimum atomic E-state index is -4.89. The normalized spacial score (nSPS) is 17.0. The summed E-state index contributed by atoms with van der Waals surface area (Å²) in [5.41, 5.74) is -1.90. The Morgan fingerprint density at radius 1 is 1.03 bits per heavy atom. The number of amides is 1. The number of benzene rings is 2. The highest BCUT2D eigenvalue weighted by Crippen LogP contribution is 2.38. The first-order valence-corrected chi connectivity index (χ1v) is 10.2. The number of nitrogens with zero attached hydrogens (tertiary/aromatic N) is 1. The summed E-state index contributed by atoms with van der Waals surface area (Å²) in [5.74, 6) is -5.10. The Bertz CT molecular complexity index is 998. The Balaban J connectivity index is 1.84. The molecule has 1 aliphatic carbocycles. The predicted octanol–water partition coefficient (Wildman–Crippen LogP) is 5.49. The third kappa shape index (κ3) is 6.26. The van der Waals surface area contributed by atoms with Crippen molar-refractivity contribution in [1.29, 1.82) is 0 Å². The van der Waals surface area contributed by atoms with Crippen molar-refractivity contribution in [3.8, 4) is 0 Å². The van der Waals surface area contributed by atoms with E-state index in [1.54, 1.807) is 6.07 Å². The van der Waals surface area contributed by atoms with Gasteiger partial charge in [-0.25, -0.2) is 19.7 Å². The second-order valence-corrected chi connectivity index (χ2v) is 7.99. The number of hydrogen-bond donors (Lipinski definition) is 2. The third-order valence-electron chi connectivity index (χ3n) is 5.45. The molecule has 0 aliphatic heterocycles. The number of rotatable bonds is 9. The predicted molar refractivity (Wildman–Crippen MR) is 108 cm³/mol. The van der Waals surface area contributed by atoms with Gasteiger partial charge in [-0.2, -0.15) is 13.2 Å². The van der Waals surface area contributed by atoms with Crippen LogP contribution >= 0.6 is 0 Å². The van der Waals surface area contributed by atoms with Crippen molar-refractivity contribution in [1.82, 2.24) is 10.6 Å². The molecule has 0 saturated heterocycles. The first-order valence-electron chi connectivity index (χ1n) is 10.2. The minimum absolute atomic E-state index is 0.324. The van der Waals surface area contributed by atoms with Gasteiger partial charge in [-0.05, 0) is 24.1 Å². The number of carbonyl (C=O) groups excluding carboxylic acids is 1. The smallest absolute Gasteiger partial charge is 0.291 e. The van der Waals surface area contributed by atoms with Crippen LogP contribution in [0.2, 0.25) is 0 Å². The number of carbonyl (C=O) groups is 1. The molecule has 1 amide bonds. The van der Waals surface area contributed by atoms with Crippen molar-refractivity contribution in [3.05, 3.63) is 83.0 Å². The first-order chi connectivity index (χ1) is 15.5. The molecule has 0 radical (unpaired) electrons. The van der Waals surface area contributed by atoms with Crippen molar-refractivity contribution in [2.75, 3.05) is 0 Å². The van der Waals surface area contributed by atoms with Gasteiger partial charge in [0.15, 0.2) is 0 Å². The summed E-state index contributed by atoms with van der Waals surface area (Å²) in [5, 5.41) is 4.52. The molecular weight excluding hydrogens is 448 g/mol. The van der Waals surface area contributed by atoms with E-state index in [4.69, 9.17) is 6.57 Å². The molecule has 4 nitrogen and oxygen atoms in total. The van der Waals surface area contributed by atoms with E-state index in [9.17, 15) is 31.1 Å². The fourth-order valence-corrected chi connectivity index (χ4v) is 3.38. The monoisotopic (exact) mass is 469 g/mol. The molecule has 1 fully saturated rings. The van der Waals surface area contributed by atoms with Gasteiger partial charge in [0.1, 0.15) is 11.9 Å². The summed E-state index contributed by atoms with van der Waals surface area (Å²) in [6.45, 7) is 7.17. The largest absolute Gasteiger partial charge is 0.407 e. The van der Waals surface area contributed by atoms with E-state index < -0.39 is 54.4 Å². The number of hydrogen-bond acceptors (Lipinski definition) is 2. The molecule has 0 unspecified atom stereocenters. The maximum atomic E-state index is 14.7. The zero-order valence-corrected chi connectivity index (χ0v) is 17.3. The van der Waals surface area contributed by atoms with E-state index in [0.29, 0.717) is 12.8 Å². The van der Waals surface area contributed by atoms with Crippen LogP contribution < -0.4 is 10.6 Å². The van der Waals surface area contributed by atoms with Gasteiger partial charge in [0.05, 0.1) is 18.9 Å². The molecule has 0 spiro atoms. The van der Waals surface area contributed by atoms with Crippen molar-refractivity contribution in [3.63, 3.8) is 0 Å². The van der Waals surface area contributed by atoms with Crippen LogP contribution in [-0.2, 0) is 10.7 Å². The highest BCUT2D eigenvalue weighted by Gasteiger charge is 2.53. The fraction of sp³-hybridized carbons (Fsp3) is 0.391. The second kappa shape index (κ2) is 9.43. The Morgan fingerprint density at radius 3 is 2.15 bits per heavy atom. The van der Waals surface area contributed by atoms with E-state index >= 15 is 0 Å². The number of nitrogens with one attached hydrogen (secondary N) is 2. The van der Waals surface area contributed by atoms with E-state index in [0.717, 1.165) is 24.3 Å². The van der Waals surface area contributed by atoms with Crippen LogP contribution in [0.4, 0.5) is 26.3 Å². The van der Waals surface area contributed by atoms with Crippen LogP contribution in [0.3, 0.4) is 0 Å². The molecule has 0 heterocycles. The first kappa shape index (κ1) is 24.6. The van der Waals surface area contributed by atoms with Crippen molar-refractivity contribution >= 4 is 5.91 Å². The van der Waals surface area contributed by atoms with Gasteiger partial charge in [-0.1, -0.05) is 42.5 Å². The standard InChI is InChI=1S/C23H21F6N3O/c1-30-21(13-14-21)32-20(33)18(11-12-22(25,26)16-5-3-2-4-6-16)31-19(23(27,28)29)15-7-9-17(24)10-8-15/h2-10,18-19,31H,11-14H2,(H,32,33)/t18-,19-/m0/s1. The quantitative estimate of drug-likeness (QED) is 0.377. The lowest BCUT2D eigenvalue weighted by Gasteiger charge is -2.28. The molecule has 0 aromatic heterocycles. The second-order valence-electron chi connectivity index (χ2n) is 7.99. The molecule has 10 heteroatoms. The van der Waals surface area contributed by atoms with Crippen molar-refractivity contribution in [2.45, 2.75) is 55.5 Å². The molecule has 2 aromatic rings. The highest BCUT2D eigenvalue weighted by molar-refractivity contribution is 5.83. The maximum absolute atomic E-state index is 14.7. The summed E-state index contributed by atoms with van der Waals surface area (Å²) in [7, 11) is 0. The Hall–Kier alpha value is -3.06. The average molecular weight is 469 g/mol. The van der Waals surface area contributed by atoms with Gasteiger partial charge in [0.25, 0.3) is 5.92 Å². The summed E-state index contributed by atoms with van der Waals surface area (Å²) in [6.07, 6.45) is -5.77. The summed E-state index contributed by atoms with van der Waals surface area (Å²) in [6, 6.07) is 6.18. The van der Waals surface area contributed by atoms with Crippen LogP contribution in [0, 0.1) is 12.4 Å². The average Bonchev–Trinajstić information content (AvgIpc) is 3.54. The van der Waals surface area contributed by atoms with Crippen LogP contribution in [0.15, 0.2) is 54.6 Å². The maximum Gasteiger partial charge on any atom is 0.407 e. The van der Waals surface area contributed by atoms with Gasteiger partial charge in [-0.3, -0.25) is 20.3 Å². The summed E-state index contributed by atoms with van der Waals surface area (Å²) in [4.78, 5) is 16.1. The highest BCUT2D eigenvalue weighted by atomic mass is 19.4. The molecule has 1 aliphatic rings. The SMILES string of the molecule is [C-]#[N+]C1(NC(=O)[C@H](CCC(F)(F)c2ccccc2)N[C@@H](c2ccc(F)cc2)C(F)(F)F)CC1. The molecule has 33 heavy (non-hydrogen) atoms. The van der Waals surface area contributed by atoms with E-state index in [1.165, 1.54) is 24.3 Å². The van der Waals surface area contributed by atoms with E-state index in [1.807, 2.05) is 0 Å². The fourth-order valence-electron chi connectivity index (χ4n) is 3.38. The van der Waals surface area contributed by atoms with E-state index in [-0.39, 0.29) is 11.1 Å². The van der Waals surface area contributed by atoms with Gasteiger partial charge in [0.2, 0.25) is 5.91 Å². The zero-order valence-electron chi connectivity index (χ0n) is 17.3. The van der Waals surface area contributed by atoms with Crippen molar-refractivity contribution < 1.29 is 31.1 Å². The Kier molecular flexibility index (Phi) is 7.03. The van der Waals surface area contributed by atoms with Gasteiger partial charge < -0.3 is 0 Å². The molecule has 2 N–H and O–H groups in total. The van der Waals surface area contributed by atoms with Gasteiger partial charge in [0, 0.05) is 12.0 Å². The third-order valence-corrected chi connectivity index (χ3v) is 5.45. The van der Waals surface area contributed by atoms with Crippen LogP contribution in [0.5, 0.6) is 0 Å². The summed E-state index contributed by atoms with van der Waals surface area (Å²) >= 11 is 0. The van der Waals surface area contributed by atoms with Gasteiger partial charge >= 0.3 is 11.8 Å². The van der Waals surface area contributed by atoms with Crippen LogP contribution in [-0.4, -0.2) is 23.8 Å². The molecule has 2 atom stereocenters. The minimum Gasteiger partial charge on any atom is -0.291 e. The topological polar surface area (TPSA) is 45.5 Å². The Labute approximate surface area is 186 Å². The molecule has 2 aromatic carbocycles. The molecular formula is C23H21F6N3O. The molecule has 1 saturated carbocycles. The van der Waals surface area contributed by atoms with Gasteiger partial charge in [-0.15, -0.1) is 0 Å². The molecule has 3 rings (SSSR count). The lowest BCUT2D eigenvalue weighted by molar-refractivity contribution is -0.161. The van der Waals surface area contributed by atoms with Crippen LogP contribution in [0.1, 0.15) is 42.9 Å². The van der Waals surface area contributed by atoms with E-state index in [2.05, 4.69) is 15.5 Å². The van der Waals surface area contributed by atoms with Crippen LogP contribution in [0.25, 0.3) is 4.85 Å². The number of halogens is 6.